The number of nitrogens with one attached hydrogen (secondary N) is 2. The zero-order chi connectivity index (χ0) is 13.0. The number of halogens is 1. The molecule has 2 rings (SSSR count). The van der Waals surface area contributed by atoms with Gasteiger partial charge in [-0.15, -0.1) is 0 Å². The molecule has 2 atom stereocenters. The van der Waals surface area contributed by atoms with Crippen molar-refractivity contribution in [3.05, 3.63) is 10.8 Å². The molecule has 100 valence electrons. The molecule has 2 N–H and O–H groups in total. The number of aromatic nitrogens is 2. The smallest absolute Gasteiger partial charge is 0.146 e. The van der Waals surface area contributed by atoms with E-state index in [4.69, 9.17) is 0 Å². The summed E-state index contributed by atoms with van der Waals surface area (Å²) in [4.78, 5) is 8.57. The van der Waals surface area contributed by atoms with Crippen molar-refractivity contribution in [3.63, 3.8) is 0 Å². The van der Waals surface area contributed by atoms with E-state index in [0.29, 0.717) is 12.0 Å². The lowest BCUT2D eigenvalue weighted by atomic mass is 9.86. The summed E-state index contributed by atoms with van der Waals surface area (Å²) in [5.74, 6) is 2.47. The monoisotopic (exact) mass is 312 g/mol. The lowest BCUT2D eigenvalue weighted by Gasteiger charge is -2.30. The molecule has 4 nitrogen and oxygen atoms in total. The Labute approximate surface area is 117 Å². The Morgan fingerprint density at radius 3 is 2.72 bits per heavy atom. The van der Waals surface area contributed by atoms with E-state index in [9.17, 15) is 0 Å². The molecule has 1 saturated carbocycles. The molecule has 0 bridgehead atoms. The summed E-state index contributed by atoms with van der Waals surface area (Å²) in [7, 11) is 0. The van der Waals surface area contributed by atoms with Crippen LogP contribution in [0.3, 0.4) is 0 Å². The van der Waals surface area contributed by atoms with Gasteiger partial charge in [-0.1, -0.05) is 19.8 Å². The van der Waals surface area contributed by atoms with Gasteiger partial charge in [-0.2, -0.15) is 0 Å². The highest BCUT2D eigenvalue weighted by Gasteiger charge is 2.22. The Morgan fingerprint density at radius 1 is 1.28 bits per heavy atom. The molecule has 0 spiro atoms. The van der Waals surface area contributed by atoms with Crippen molar-refractivity contribution in [2.24, 2.45) is 5.92 Å². The summed E-state index contributed by atoms with van der Waals surface area (Å²) in [6.07, 6.45) is 6.81. The van der Waals surface area contributed by atoms with Crippen LogP contribution >= 0.6 is 15.9 Å². The summed E-state index contributed by atoms with van der Waals surface area (Å²) >= 11 is 3.58. The largest absolute Gasteiger partial charge is 0.369 e. The molecular weight excluding hydrogens is 292 g/mol. The minimum atomic E-state index is 0.527. The summed E-state index contributed by atoms with van der Waals surface area (Å²) < 4.78 is 0.935. The van der Waals surface area contributed by atoms with Gasteiger partial charge in [-0.05, 0) is 41.6 Å². The lowest BCUT2D eigenvalue weighted by Crippen LogP contribution is -2.30. The molecule has 0 aromatic carbocycles. The Kier molecular flexibility index (Phi) is 4.80. The minimum Gasteiger partial charge on any atom is -0.369 e. The van der Waals surface area contributed by atoms with Crippen LogP contribution in [-0.2, 0) is 0 Å². The fourth-order valence-electron chi connectivity index (χ4n) is 2.47. The Hall–Kier alpha value is -0.840. The van der Waals surface area contributed by atoms with Crippen molar-refractivity contribution in [2.75, 3.05) is 17.2 Å². The van der Waals surface area contributed by atoms with Gasteiger partial charge < -0.3 is 10.6 Å². The van der Waals surface area contributed by atoms with Crippen molar-refractivity contribution >= 4 is 27.6 Å². The summed E-state index contributed by atoms with van der Waals surface area (Å²) in [5.41, 5.74) is 0. The van der Waals surface area contributed by atoms with Crippen LogP contribution in [0.25, 0.3) is 0 Å². The van der Waals surface area contributed by atoms with Crippen LogP contribution in [0.15, 0.2) is 10.8 Å². The molecule has 1 aromatic rings. The fourth-order valence-corrected chi connectivity index (χ4v) is 2.93. The standard InChI is InChI=1S/C13H21BrN4/c1-3-15-12-11(14)13(17-8-16-12)18-10-7-5-4-6-9(10)2/h8-10H,3-7H2,1-2H3,(H2,15,16,17,18). The van der Waals surface area contributed by atoms with Crippen LogP contribution in [0.4, 0.5) is 11.6 Å². The highest BCUT2D eigenvalue weighted by Crippen LogP contribution is 2.31. The molecule has 1 aliphatic rings. The van der Waals surface area contributed by atoms with Gasteiger partial charge in [0.05, 0.1) is 0 Å². The average Bonchev–Trinajstić information content (AvgIpc) is 2.37. The van der Waals surface area contributed by atoms with Gasteiger partial charge in [0.2, 0.25) is 0 Å². The van der Waals surface area contributed by atoms with Gasteiger partial charge in [0.1, 0.15) is 22.4 Å². The van der Waals surface area contributed by atoms with E-state index < -0.39 is 0 Å². The first kappa shape index (κ1) is 13.6. The van der Waals surface area contributed by atoms with E-state index in [-0.39, 0.29) is 0 Å². The Balaban J connectivity index is 2.10. The number of anilines is 2. The topological polar surface area (TPSA) is 49.8 Å². The molecule has 1 aliphatic carbocycles. The van der Waals surface area contributed by atoms with Crippen LogP contribution in [0.2, 0.25) is 0 Å². The Morgan fingerprint density at radius 2 is 2.00 bits per heavy atom. The maximum Gasteiger partial charge on any atom is 0.146 e. The molecular formula is C13H21BrN4. The van der Waals surface area contributed by atoms with E-state index in [0.717, 1.165) is 22.7 Å². The molecule has 0 amide bonds. The van der Waals surface area contributed by atoms with Gasteiger partial charge in [-0.25, -0.2) is 9.97 Å². The van der Waals surface area contributed by atoms with Crippen LogP contribution < -0.4 is 10.6 Å². The molecule has 1 aromatic heterocycles. The second kappa shape index (κ2) is 6.36. The molecule has 2 unspecified atom stereocenters. The molecule has 0 aliphatic heterocycles. The van der Waals surface area contributed by atoms with E-state index in [1.165, 1.54) is 25.7 Å². The SMILES string of the molecule is CCNc1ncnc(NC2CCCCC2C)c1Br. The van der Waals surface area contributed by atoms with Crippen molar-refractivity contribution < 1.29 is 0 Å². The molecule has 0 radical (unpaired) electrons. The van der Waals surface area contributed by atoms with Crippen molar-refractivity contribution in [1.29, 1.82) is 0 Å². The van der Waals surface area contributed by atoms with Gasteiger partial charge >= 0.3 is 0 Å². The molecule has 0 saturated heterocycles. The van der Waals surface area contributed by atoms with Crippen molar-refractivity contribution in [2.45, 2.75) is 45.6 Å². The summed E-state index contributed by atoms with van der Waals surface area (Å²) in [6.45, 7) is 5.23. The number of hydrogen-bond acceptors (Lipinski definition) is 4. The number of hydrogen-bond donors (Lipinski definition) is 2. The quantitative estimate of drug-likeness (QED) is 0.890. The van der Waals surface area contributed by atoms with E-state index in [1.54, 1.807) is 6.33 Å². The predicted molar refractivity (Wildman–Crippen MR) is 78.9 cm³/mol. The second-order valence-corrected chi connectivity index (χ2v) is 5.72. The predicted octanol–water partition coefficient (Wildman–Crippen LogP) is 3.66. The number of rotatable bonds is 4. The highest BCUT2D eigenvalue weighted by atomic mass is 79.9. The first-order chi connectivity index (χ1) is 8.72. The van der Waals surface area contributed by atoms with Crippen LogP contribution in [0, 0.1) is 5.92 Å². The third-order valence-electron chi connectivity index (χ3n) is 3.57. The van der Waals surface area contributed by atoms with Gasteiger partial charge in [0, 0.05) is 12.6 Å². The fraction of sp³-hybridized carbons (Fsp3) is 0.692. The highest BCUT2D eigenvalue weighted by molar-refractivity contribution is 9.10. The van der Waals surface area contributed by atoms with Gasteiger partial charge in [-0.3, -0.25) is 0 Å². The molecule has 5 heteroatoms. The number of nitrogens with zero attached hydrogens (tertiary/aromatic N) is 2. The van der Waals surface area contributed by atoms with E-state index >= 15 is 0 Å². The van der Waals surface area contributed by atoms with Crippen molar-refractivity contribution in [3.8, 4) is 0 Å². The first-order valence-electron chi connectivity index (χ1n) is 6.73. The second-order valence-electron chi connectivity index (χ2n) is 4.93. The van der Waals surface area contributed by atoms with Crippen LogP contribution in [0.5, 0.6) is 0 Å². The van der Waals surface area contributed by atoms with E-state index in [1.807, 2.05) is 0 Å². The molecule has 1 heterocycles. The Bertz CT molecular complexity index is 397. The first-order valence-corrected chi connectivity index (χ1v) is 7.52. The third-order valence-corrected chi connectivity index (χ3v) is 4.32. The molecule has 18 heavy (non-hydrogen) atoms. The molecule has 1 fully saturated rings. The van der Waals surface area contributed by atoms with Crippen LogP contribution in [0.1, 0.15) is 39.5 Å². The zero-order valence-electron chi connectivity index (χ0n) is 11.0. The van der Waals surface area contributed by atoms with Crippen molar-refractivity contribution in [1.82, 2.24) is 9.97 Å². The average molecular weight is 313 g/mol. The van der Waals surface area contributed by atoms with E-state index in [2.05, 4.69) is 50.4 Å². The summed E-state index contributed by atoms with van der Waals surface area (Å²) in [6, 6.07) is 0.527. The maximum absolute atomic E-state index is 4.34. The lowest BCUT2D eigenvalue weighted by molar-refractivity contribution is 0.349. The van der Waals surface area contributed by atoms with Gasteiger partial charge in [0.15, 0.2) is 0 Å². The van der Waals surface area contributed by atoms with Crippen LogP contribution in [-0.4, -0.2) is 22.6 Å². The summed E-state index contributed by atoms with van der Waals surface area (Å²) in [5, 5.41) is 6.79. The zero-order valence-corrected chi connectivity index (χ0v) is 12.6. The van der Waals surface area contributed by atoms with Gasteiger partial charge in [0.25, 0.3) is 0 Å². The third kappa shape index (κ3) is 3.13. The minimum absolute atomic E-state index is 0.527. The normalized spacial score (nSPS) is 23.7. The maximum atomic E-state index is 4.34.